The summed E-state index contributed by atoms with van der Waals surface area (Å²) in [6.07, 6.45) is 5.29. The van der Waals surface area contributed by atoms with Gasteiger partial charge in [0, 0.05) is 17.1 Å². The standard InChI is InChI=1S/C15H20O2S/c1-12(16)13-5-2-8-15(11-13)18-10-4-7-14-6-3-9-17-14/h2,5,8,11,14H,3-4,6-7,9-10H2,1H3. The van der Waals surface area contributed by atoms with Crippen LogP contribution < -0.4 is 0 Å². The molecule has 1 atom stereocenters. The van der Waals surface area contributed by atoms with E-state index in [0.717, 1.165) is 17.9 Å². The molecule has 3 heteroatoms. The van der Waals surface area contributed by atoms with Gasteiger partial charge in [0.1, 0.15) is 0 Å². The van der Waals surface area contributed by atoms with E-state index in [-0.39, 0.29) is 5.78 Å². The highest BCUT2D eigenvalue weighted by molar-refractivity contribution is 7.99. The fraction of sp³-hybridized carbons (Fsp3) is 0.533. The van der Waals surface area contributed by atoms with Crippen molar-refractivity contribution in [2.24, 2.45) is 0 Å². The van der Waals surface area contributed by atoms with Crippen molar-refractivity contribution < 1.29 is 9.53 Å². The molecule has 1 aromatic rings. The van der Waals surface area contributed by atoms with Crippen LogP contribution in [0.1, 0.15) is 43.0 Å². The smallest absolute Gasteiger partial charge is 0.159 e. The van der Waals surface area contributed by atoms with Crippen molar-refractivity contribution in [2.45, 2.75) is 43.6 Å². The molecule has 0 radical (unpaired) electrons. The maximum atomic E-state index is 11.3. The number of Topliss-reactive ketones (excluding diaryl/α,β-unsaturated/α-hetero) is 1. The molecule has 0 aromatic heterocycles. The van der Waals surface area contributed by atoms with E-state index in [9.17, 15) is 4.79 Å². The first-order valence-electron chi connectivity index (χ1n) is 6.61. The van der Waals surface area contributed by atoms with Crippen LogP contribution in [0.4, 0.5) is 0 Å². The molecule has 1 aromatic carbocycles. The molecule has 0 bridgehead atoms. The summed E-state index contributed by atoms with van der Waals surface area (Å²) in [5.41, 5.74) is 0.805. The minimum absolute atomic E-state index is 0.136. The lowest BCUT2D eigenvalue weighted by atomic mass is 10.1. The van der Waals surface area contributed by atoms with Gasteiger partial charge in [0.05, 0.1) is 6.10 Å². The molecule has 0 saturated carbocycles. The summed E-state index contributed by atoms with van der Waals surface area (Å²) in [4.78, 5) is 12.5. The molecule has 98 valence electrons. The maximum Gasteiger partial charge on any atom is 0.159 e. The van der Waals surface area contributed by atoms with Gasteiger partial charge in [-0.2, -0.15) is 0 Å². The molecule has 0 N–H and O–H groups in total. The first kappa shape index (κ1) is 13.6. The lowest BCUT2D eigenvalue weighted by molar-refractivity contribution is 0.101. The molecule has 1 unspecified atom stereocenters. The lowest BCUT2D eigenvalue weighted by Gasteiger charge is -2.08. The fourth-order valence-electron chi connectivity index (χ4n) is 2.18. The molecule has 1 aliphatic heterocycles. The number of carbonyl (C=O) groups is 1. The van der Waals surface area contributed by atoms with Crippen molar-refractivity contribution in [2.75, 3.05) is 12.4 Å². The van der Waals surface area contributed by atoms with E-state index in [1.807, 2.05) is 30.0 Å². The molecule has 0 spiro atoms. The van der Waals surface area contributed by atoms with Crippen molar-refractivity contribution in [1.82, 2.24) is 0 Å². The summed E-state index contributed by atoms with van der Waals surface area (Å²) in [7, 11) is 0. The fourth-order valence-corrected chi connectivity index (χ4v) is 3.11. The molecule has 1 saturated heterocycles. The predicted molar refractivity (Wildman–Crippen MR) is 75.4 cm³/mol. The van der Waals surface area contributed by atoms with E-state index in [4.69, 9.17) is 4.74 Å². The van der Waals surface area contributed by atoms with Gasteiger partial charge in [0.15, 0.2) is 5.78 Å². The number of carbonyl (C=O) groups excluding carboxylic acids is 1. The summed E-state index contributed by atoms with van der Waals surface area (Å²) in [5, 5.41) is 0. The van der Waals surface area contributed by atoms with Crippen LogP contribution in [0, 0.1) is 0 Å². The van der Waals surface area contributed by atoms with Crippen LogP contribution >= 0.6 is 11.8 Å². The summed E-state index contributed by atoms with van der Waals surface area (Å²) in [5.74, 6) is 1.23. The Balaban J connectivity index is 1.72. The Morgan fingerprint density at radius 2 is 2.39 bits per heavy atom. The van der Waals surface area contributed by atoms with E-state index >= 15 is 0 Å². The van der Waals surface area contributed by atoms with Crippen molar-refractivity contribution in [3.63, 3.8) is 0 Å². The van der Waals surface area contributed by atoms with Crippen LogP contribution in [0.2, 0.25) is 0 Å². The molecule has 1 aliphatic rings. The van der Waals surface area contributed by atoms with Crippen molar-refractivity contribution >= 4 is 17.5 Å². The molecule has 0 amide bonds. The highest BCUT2D eigenvalue weighted by Gasteiger charge is 2.14. The third-order valence-corrected chi connectivity index (χ3v) is 4.28. The molecule has 1 fully saturated rings. The molecular formula is C15H20O2S. The van der Waals surface area contributed by atoms with Crippen LogP contribution in [0.25, 0.3) is 0 Å². The summed E-state index contributed by atoms with van der Waals surface area (Å²) in [6, 6.07) is 7.89. The molecule has 18 heavy (non-hydrogen) atoms. The monoisotopic (exact) mass is 264 g/mol. The number of rotatable bonds is 6. The first-order valence-corrected chi connectivity index (χ1v) is 7.59. The molecule has 2 nitrogen and oxygen atoms in total. The largest absolute Gasteiger partial charge is 0.378 e. The Labute approximate surface area is 113 Å². The Bertz CT molecular complexity index is 397. The quantitative estimate of drug-likeness (QED) is 0.442. The normalized spacial score (nSPS) is 19.1. The van der Waals surface area contributed by atoms with Crippen LogP contribution in [-0.2, 0) is 4.74 Å². The zero-order chi connectivity index (χ0) is 12.8. The van der Waals surface area contributed by atoms with Gasteiger partial charge in [-0.25, -0.2) is 0 Å². The van der Waals surface area contributed by atoms with Crippen LogP contribution in [-0.4, -0.2) is 24.2 Å². The van der Waals surface area contributed by atoms with Crippen LogP contribution in [0.3, 0.4) is 0 Å². The van der Waals surface area contributed by atoms with E-state index < -0.39 is 0 Å². The number of hydrogen-bond donors (Lipinski definition) is 0. The van der Waals surface area contributed by atoms with Crippen LogP contribution in [0.15, 0.2) is 29.2 Å². The number of hydrogen-bond acceptors (Lipinski definition) is 3. The van der Waals surface area contributed by atoms with Gasteiger partial charge >= 0.3 is 0 Å². The summed E-state index contributed by atoms with van der Waals surface area (Å²) < 4.78 is 5.60. The van der Waals surface area contributed by atoms with Crippen molar-refractivity contribution in [1.29, 1.82) is 0 Å². The average Bonchev–Trinajstić information content (AvgIpc) is 2.88. The average molecular weight is 264 g/mol. The number of thioether (sulfide) groups is 1. The minimum atomic E-state index is 0.136. The zero-order valence-corrected chi connectivity index (χ0v) is 11.7. The van der Waals surface area contributed by atoms with Crippen LogP contribution in [0.5, 0.6) is 0 Å². The lowest BCUT2D eigenvalue weighted by Crippen LogP contribution is -2.04. The van der Waals surface area contributed by atoms with E-state index in [2.05, 4.69) is 6.07 Å². The molecule has 1 heterocycles. The van der Waals surface area contributed by atoms with Gasteiger partial charge in [-0.1, -0.05) is 12.1 Å². The highest BCUT2D eigenvalue weighted by atomic mass is 32.2. The third-order valence-electron chi connectivity index (χ3n) is 3.20. The predicted octanol–water partition coefficient (Wildman–Crippen LogP) is 3.94. The van der Waals surface area contributed by atoms with Gasteiger partial charge < -0.3 is 4.74 Å². The second-order valence-corrected chi connectivity index (χ2v) is 5.88. The van der Waals surface area contributed by atoms with E-state index in [1.165, 1.54) is 30.6 Å². The maximum absolute atomic E-state index is 11.3. The Morgan fingerprint density at radius 1 is 1.50 bits per heavy atom. The topological polar surface area (TPSA) is 26.3 Å². The Morgan fingerprint density at radius 3 is 3.11 bits per heavy atom. The molecular weight excluding hydrogens is 244 g/mol. The second kappa shape index (κ2) is 6.95. The van der Waals surface area contributed by atoms with E-state index in [0.29, 0.717) is 6.10 Å². The number of benzene rings is 1. The third kappa shape index (κ3) is 4.14. The molecule has 0 aliphatic carbocycles. The van der Waals surface area contributed by atoms with Gasteiger partial charge in [-0.3, -0.25) is 4.79 Å². The Kier molecular flexibility index (Phi) is 5.26. The van der Waals surface area contributed by atoms with Gasteiger partial charge in [-0.15, -0.1) is 11.8 Å². The first-order chi connectivity index (χ1) is 8.75. The van der Waals surface area contributed by atoms with Gasteiger partial charge in [-0.05, 0) is 50.5 Å². The molecule has 2 rings (SSSR count). The SMILES string of the molecule is CC(=O)c1cccc(SCCCC2CCCO2)c1. The van der Waals surface area contributed by atoms with Gasteiger partial charge in [0.25, 0.3) is 0 Å². The minimum Gasteiger partial charge on any atom is -0.378 e. The second-order valence-electron chi connectivity index (χ2n) is 4.71. The zero-order valence-electron chi connectivity index (χ0n) is 10.9. The number of ether oxygens (including phenoxy) is 1. The van der Waals surface area contributed by atoms with E-state index in [1.54, 1.807) is 6.92 Å². The summed E-state index contributed by atoms with van der Waals surface area (Å²) >= 11 is 1.83. The van der Waals surface area contributed by atoms with Crippen molar-refractivity contribution in [3.8, 4) is 0 Å². The highest BCUT2D eigenvalue weighted by Crippen LogP contribution is 2.23. The van der Waals surface area contributed by atoms with Crippen molar-refractivity contribution in [3.05, 3.63) is 29.8 Å². The number of ketones is 1. The summed E-state index contributed by atoms with van der Waals surface area (Å²) in [6.45, 7) is 2.56. The van der Waals surface area contributed by atoms with Gasteiger partial charge in [0.2, 0.25) is 0 Å². The Hall–Kier alpha value is -0.800.